The second kappa shape index (κ2) is 7.81. The average molecular weight is 306 g/mol. The number of nitrogens with two attached hydrogens (primary N) is 1. The van der Waals surface area contributed by atoms with Crippen LogP contribution in [-0.4, -0.2) is 55.1 Å². The standard InChI is InChI=1S/C13H23N3O3.ClH/c1-9(13(18)16-4-6-19-7-5-16)15-12(17)10-2-3-11(14)8-10;/h9-11H,2-8,14H2,1H3,(H,15,17);1H. The number of amides is 2. The van der Waals surface area contributed by atoms with E-state index >= 15 is 0 Å². The highest BCUT2D eigenvalue weighted by Crippen LogP contribution is 2.24. The molecule has 0 radical (unpaired) electrons. The lowest BCUT2D eigenvalue weighted by atomic mass is 10.1. The van der Waals surface area contributed by atoms with E-state index in [0.29, 0.717) is 26.3 Å². The lowest BCUT2D eigenvalue weighted by Gasteiger charge is -2.29. The topological polar surface area (TPSA) is 84.7 Å². The van der Waals surface area contributed by atoms with Gasteiger partial charge in [-0.05, 0) is 26.2 Å². The Kier molecular flexibility index (Phi) is 6.71. The zero-order valence-electron chi connectivity index (χ0n) is 11.8. The zero-order chi connectivity index (χ0) is 13.8. The monoisotopic (exact) mass is 305 g/mol. The van der Waals surface area contributed by atoms with Gasteiger partial charge in [-0.3, -0.25) is 9.59 Å². The summed E-state index contributed by atoms with van der Waals surface area (Å²) in [5.41, 5.74) is 5.80. The van der Waals surface area contributed by atoms with Crippen LogP contribution in [-0.2, 0) is 14.3 Å². The third-order valence-corrected chi connectivity index (χ3v) is 3.90. The second-order valence-corrected chi connectivity index (χ2v) is 5.44. The molecular formula is C13H24ClN3O3. The van der Waals surface area contributed by atoms with E-state index in [9.17, 15) is 9.59 Å². The molecule has 2 aliphatic rings. The molecule has 0 aromatic rings. The molecule has 1 aliphatic carbocycles. The third kappa shape index (κ3) is 4.33. The Bertz CT molecular complexity index is 348. The molecule has 0 spiro atoms. The summed E-state index contributed by atoms with van der Waals surface area (Å²) in [6.07, 6.45) is 2.44. The van der Waals surface area contributed by atoms with Gasteiger partial charge in [-0.25, -0.2) is 0 Å². The lowest BCUT2D eigenvalue weighted by molar-refractivity contribution is -0.140. The molecule has 1 saturated heterocycles. The third-order valence-electron chi connectivity index (χ3n) is 3.90. The predicted molar refractivity (Wildman–Crippen MR) is 77.6 cm³/mol. The number of nitrogens with one attached hydrogen (secondary N) is 1. The molecule has 2 amide bonds. The number of carbonyl (C=O) groups excluding carboxylic acids is 2. The van der Waals surface area contributed by atoms with Crippen molar-refractivity contribution in [1.82, 2.24) is 10.2 Å². The number of hydrogen-bond donors (Lipinski definition) is 2. The lowest BCUT2D eigenvalue weighted by Crippen LogP contribution is -2.51. The van der Waals surface area contributed by atoms with Crippen LogP contribution in [0.3, 0.4) is 0 Å². The van der Waals surface area contributed by atoms with Crippen LogP contribution in [0, 0.1) is 5.92 Å². The molecule has 20 heavy (non-hydrogen) atoms. The van der Waals surface area contributed by atoms with Crippen LogP contribution < -0.4 is 11.1 Å². The predicted octanol–water partition coefficient (Wildman–Crippen LogP) is -0.101. The van der Waals surface area contributed by atoms with Gasteiger partial charge in [-0.2, -0.15) is 0 Å². The summed E-state index contributed by atoms with van der Waals surface area (Å²) in [6.45, 7) is 4.10. The summed E-state index contributed by atoms with van der Waals surface area (Å²) in [5, 5.41) is 2.81. The second-order valence-electron chi connectivity index (χ2n) is 5.44. The van der Waals surface area contributed by atoms with E-state index in [1.807, 2.05) is 0 Å². The van der Waals surface area contributed by atoms with Gasteiger partial charge in [-0.1, -0.05) is 0 Å². The molecule has 116 valence electrons. The molecule has 2 rings (SSSR count). The number of rotatable bonds is 3. The fraction of sp³-hybridized carbons (Fsp3) is 0.846. The van der Waals surface area contributed by atoms with Gasteiger partial charge in [0, 0.05) is 25.0 Å². The van der Waals surface area contributed by atoms with Crippen molar-refractivity contribution in [2.24, 2.45) is 11.7 Å². The Morgan fingerprint density at radius 2 is 1.95 bits per heavy atom. The van der Waals surface area contributed by atoms with Gasteiger partial charge < -0.3 is 20.7 Å². The van der Waals surface area contributed by atoms with Crippen LogP contribution in [0.15, 0.2) is 0 Å². The Balaban J connectivity index is 0.00000200. The van der Waals surface area contributed by atoms with Crippen molar-refractivity contribution in [3.8, 4) is 0 Å². The van der Waals surface area contributed by atoms with E-state index in [0.717, 1.165) is 19.3 Å². The molecule has 6 nitrogen and oxygen atoms in total. The minimum absolute atomic E-state index is 0. The maximum Gasteiger partial charge on any atom is 0.245 e. The molecule has 1 saturated carbocycles. The normalized spacial score (nSPS) is 27.6. The Labute approximate surface area is 125 Å². The number of nitrogens with zero attached hydrogens (tertiary/aromatic N) is 1. The SMILES string of the molecule is CC(NC(=O)C1CCC(N)C1)C(=O)N1CCOCC1.Cl. The summed E-state index contributed by atoms with van der Waals surface area (Å²) in [5.74, 6) is -0.101. The van der Waals surface area contributed by atoms with Gasteiger partial charge >= 0.3 is 0 Å². The minimum atomic E-state index is -0.470. The molecule has 0 aromatic carbocycles. The summed E-state index contributed by atoms with van der Waals surface area (Å²) < 4.78 is 5.21. The summed E-state index contributed by atoms with van der Waals surface area (Å²) in [4.78, 5) is 25.9. The van der Waals surface area contributed by atoms with Gasteiger partial charge in [0.15, 0.2) is 0 Å². The smallest absolute Gasteiger partial charge is 0.245 e. The maximum absolute atomic E-state index is 12.1. The van der Waals surface area contributed by atoms with Gasteiger partial charge in [0.25, 0.3) is 0 Å². The molecule has 2 fully saturated rings. The van der Waals surface area contributed by atoms with Crippen molar-refractivity contribution in [1.29, 1.82) is 0 Å². The van der Waals surface area contributed by atoms with Gasteiger partial charge in [-0.15, -0.1) is 12.4 Å². The first-order valence-corrected chi connectivity index (χ1v) is 7.00. The molecule has 3 unspecified atom stereocenters. The van der Waals surface area contributed by atoms with Crippen LogP contribution in [0.2, 0.25) is 0 Å². The van der Waals surface area contributed by atoms with E-state index in [1.165, 1.54) is 0 Å². The molecule has 7 heteroatoms. The highest BCUT2D eigenvalue weighted by atomic mass is 35.5. The fourth-order valence-electron chi connectivity index (χ4n) is 2.71. The van der Waals surface area contributed by atoms with Crippen LogP contribution >= 0.6 is 12.4 Å². The number of ether oxygens (including phenoxy) is 1. The van der Waals surface area contributed by atoms with Crippen LogP contribution in [0.4, 0.5) is 0 Å². The Morgan fingerprint density at radius 1 is 1.30 bits per heavy atom. The van der Waals surface area contributed by atoms with E-state index in [4.69, 9.17) is 10.5 Å². The molecule has 3 atom stereocenters. The summed E-state index contributed by atoms with van der Waals surface area (Å²) in [6, 6.07) is -0.344. The maximum atomic E-state index is 12.1. The van der Waals surface area contributed by atoms with Gasteiger partial charge in [0.05, 0.1) is 13.2 Å². The molecule has 1 aliphatic heterocycles. The minimum Gasteiger partial charge on any atom is -0.378 e. The quantitative estimate of drug-likeness (QED) is 0.762. The van der Waals surface area contributed by atoms with Crippen molar-refractivity contribution in [2.75, 3.05) is 26.3 Å². The van der Waals surface area contributed by atoms with Crippen LogP contribution in [0.5, 0.6) is 0 Å². The van der Waals surface area contributed by atoms with Crippen molar-refractivity contribution < 1.29 is 14.3 Å². The Hall–Kier alpha value is -0.850. The summed E-state index contributed by atoms with van der Waals surface area (Å²) in [7, 11) is 0. The van der Waals surface area contributed by atoms with Crippen molar-refractivity contribution >= 4 is 24.2 Å². The van der Waals surface area contributed by atoms with E-state index in [2.05, 4.69) is 5.32 Å². The first-order valence-electron chi connectivity index (χ1n) is 7.00. The first kappa shape index (κ1) is 17.2. The molecule has 0 aromatic heterocycles. The number of hydrogen-bond acceptors (Lipinski definition) is 4. The Morgan fingerprint density at radius 3 is 2.50 bits per heavy atom. The number of carbonyl (C=O) groups is 2. The number of morpholine rings is 1. The molecule has 3 N–H and O–H groups in total. The molecule has 1 heterocycles. The van der Waals surface area contributed by atoms with Crippen molar-refractivity contribution in [2.45, 2.75) is 38.3 Å². The van der Waals surface area contributed by atoms with Crippen LogP contribution in [0.25, 0.3) is 0 Å². The van der Waals surface area contributed by atoms with Crippen LogP contribution in [0.1, 0.15) is 26.2 Å². The largest absolute Gasteiger partial charge is 0.378 e. The highest BCUT2D eigenvalue weighted by molar-refractivity contribution is 5.88. The molecule has 0 bridgehead atoms. The van der Waals surface area contributed by atoms with Gasteiger partial charge in [0.1, 0.15) is 6.04 Å². The first-order chi connectivity index (χ1) is 9.08. The number of halogens is 1. The average Bonchev–Trinajstić information content (AvgIpc) is 2.85. The highest BCUT2D eigenvalue weighted by Gasteiger charge is 2.30. The van der Waals surface area contributed by atoms with E-state index in [1.54, 1.807) is 11.8 Å². The fourth-order valence-corrected chi connectivity index (χ4v) is 2.71. The zero-order valence-corrected chi connectivity index (χ0v) is 12.7. The van der Waals surface area contributed by atoms with Crippen molar-refractivity contribution in [3.63, 3.8) is 0 Å². The summed E-state index contributed by atoms with van der Waals surface area (Å²) >= 11 is 0. The van der Waals surface area contributed by atoms with E-state index in [-0.39, 0.29) is 36.2 Å². The van der Waals surface area contributed by atoms with Gasteiger partial charge in [0.2, 0.25) is 11.8 Å². The van der Waals surface area contributed by atoms with Crippen molar-refractivity contribution in [3.05, 3.63) is 0 Å². The van der Waals surface area contributed by atoms with E-state index < -0.39 is 6.04 Å². The molecular weight excluding hydrogens is 282 g/mol.